The van der Waals surface area contributed by atoms with E-state index in [9.17, 15) is 10.1 Å². The maximum absolute atomic E-state index is 12.0. The zero-order valence-corrected chi connectivity index (χ0v) is 15.2. The summed E-state index contributed by atoms with van der Waals surface area (Å²) in [4.78, 5) is 25.2. The zero-order chi connectivity index (χ0) is 18.1. The van der Waals surface area contributed by atoms with E-state index in [1.165, 1.54) is 0 Å². The molecule has 2 aromatic heterocycles. The van der Waals surface area contributed by atoms with Gasteiger partial charge in [-0.2, -0.15) is 5.26 Å². The van der Waals surface area contributed by atoms with E-state index in [1.54, 1.807) is 36.7 Å². The molecule has 6 nitrogen and oxygen atoms in total. The highest BCUT2D eigenvalue weighted by atomic mass is 32.1. The second-order valence-corrected chi connectivity index (χ2v) is 7.12. The fraction of sp³-hybridized carbons (Fsp3) is 0.263. The first-order valence-corrected chi connectivity index (χ1v) is 9.28. The van der Waals surface area contributed by atoms with Crippen molar-refractivity contribution in [1.82, 2.24) is 9.97 Å². The number of ketones is 1. The Morgan fingerprint density at radius 2 is 1.92 bits per heavy atom. The normalized spacial score (nSPS) is 14.5. The standard InChI is InChI=1S/C19H17N5OS/c1-13(25)15-3-2-14(11-20)10-17(15)23-5-7-24(8-6-23)19-18-16(4-9-26-18)21-12-22-19/h2-4,9-10,12H,5-8H2,1H3. The lowest BCUT2D eigenvalue weighted by atomic mass is 10.0. The summed E-state index contributed by atoms with van der Waals surface area (Å²) in [5.41, 5.74) is 3.06. The van der Waals surface area contributed by atoms with Gasteiger partial charge < -0.3 is 9.80 Å². The quantitative estimate of drug-likeness (QED) is 0.666. The smallest absolute Gasteiger partial charge is 0.161 e. The number of nitrogens with zero attached hydrogens (tertiary/aromatic N) is 5. The Morgan fingerprint density at radius 3 is 2.65 bits per heavy atom. The Balaban J connectivity index is 1.58. The van der Waals surface area contributed by atoms with E-state index in [0.717, 1.165) is 47.9 Å². The average molecular weight is 363 g/mol. The topological polar surface area (TPSA) is 73.1 Å². The highest BCUT2D eigenvalue weighted by Crippen LogP contribution is 2.30. The van der Waals surface area contributed by atoms with Gasteiger partial charge in [-0.3, -0.25) is 4.79 Å². The van der Waals surface area contributed by atoms with Gasteiger partial charge in [-0.05, 0) is 36.6 Å². The number of rotatable bonds is 3. The molecule has 1 aliphatic rings. The van der Waals surface area contributed by atoms with Crippen molar-refractivity contribution in [2.75, 3.05) is 36.0 Å². The molecule has 130 valence electrons. The number of fused-ring (bicyclic) bond motifs is 1. The van der Waals surface area contributed by atoms with E-state index < -0.39 is 0 Å². The zero-order valence-electron chi connectivity index (χ0n) is 14.3. The Hall–Kier alpha value is -2.98. The Labute approximate surface area is 155 Å². The number of thiophene rings is 1. The molecule has 0 bridgehead atoms. The van der Waals surface area contributed by atoms with Crippen LogP contribution in [0.1, 0.15) is 22.8 Å². The molecule has 4 rings (SSSR count). The largest absolute Gasteiger partial charge is 0.367 e. The lowest BCUT2D eigenvalue weighted by Gasteiger charge is -2.37. The van der Waals surface area contributed by atoms with Gasteiger partial charge in [0.15, 0.2) is 5.78 Å². The minimum Gasteiger partial charge on any atom is -0.367 e. The number of aromatic nitrogens is 2. The predicted octanol–water partition coefficient (Wildman–Crippen LogP) is 3.09. The Bertz CT molecular complexity index is 1010. The summed E-state index contributed by atoms with van der Waals surface area (Å²) >= 11 is 1.66. The summed E-state index contributed by atoms with van der Waals surface area (Å²) in [7, 11) is 0. The van der Waals surface area contributed by atoms with E-state index >= 15 is 0 Å². The minimum absolute atomic E-state index is 0.0167. The van der Waals surface area contributed by atoms with Crippen LogP contribution < -0.4 is 9.80 Å². The number of carbonyl (C=O) groups is 1. The minimum atomic E-state index is 0.0167. The second kappa shape index (κ2) is 6.73. The molecule has 0 saturated carbocycles. The highest BCUT2D eigenvalue weighted by molar-refractivity contribution is 7.17. The van der Waals surface area contributed by atoms with Gasteiger partial charge in [-0.15, -0.1) is 11.3 Å². The number of carbonyl (C=O) groups excluding carboxylic acids is 1. The first kappa shape index (κ1) is 16.5. The number of hydrogen-bond acceptors (Lipinski definition) is 7. The lowest BCUT2D eigenvalue weighted by Crippen LogP contribution is -2.47. The van der Waals surface area contributed by atoms with Crippen LogP contribution in [0.4, 0.5) is 11.5 Å². The fourth-order valence-electron chi connectivity index (χ4n) is 3.32. The van der Waals surface area contributed by atoms with Crippen molar-refractivity contribution < 1.29 is 4.79 Å². The van der Waals surface area contributed by atoms with Crippen molar-refractivity contribution >= 4 is 38.8 Å². The molecule has 3 aromatic rings. The van der Waals surface area contributed by atoms with Gasteiger partial charge in [0.2, 0.25) is 0 Å². The van der Waals surface area contributed by atoms with Crippen molar-refractivity contribution in [1.29, 1.82) is 5.26 Å². The molecule has 1 aliphatic heterocycles. The van der Waals surface area contributed by atoms with E-state index in [0.29, 0.717) is 11.1 Å². The van der Waals surface area contributed by atoms with Crippen LogP contribution in [-0.4, -0.2) is 41.9 Å². The van der Waals surface area contributed by atoms with Crippen LogP contribution in [0.5, 0.6) is 0 Å². The van der Waals surface area contributed by atoms with Crippen LogP contribution in [0.25, 0.3) is 10.2 Å². The Morgan fingerprint density at radius 1 is 1.15 bits per heavy atom. The molecule has 0 amide bonds. The molecule has 1 saturated heterocycles. The van der Waals surface area contributed by atoms with Crippen LogP contribution in [0, 0.1) is 11.3 Å². The fourth-order valence-corrected chi connectivity index (χ4v) is 4.18. The van der Waals surface area contributed by atoms with Gasteiger partial charge in [0.1, 0.15) is 12.1 Å². The SMILES string of the molecule is CC(=O)c1ccc(C#N)cc1N1CCN(c2ncnc3ccsc23)CC1. The summed E-state index contributed by atoms with van der Waals surface area (Å²) in [6.07, 6.45) is 1.61. The molecule has 0 aliphatic carbocycles. The van der Waals surface area contributed by atoms with Crippen LogP contribution in [0.15, 0.2) is 36.0 Å². The van der Waals surface area contributed by atoms with E-state index in [4.69, 9.17) is 0 Å². The molecule has 1 fully saturated rings. The molecular formula is C19H17N5OS. The van der Waals surface area contributed by atoms with Gasteiger partial charge in [-0.25, -0.2) is 9.97 Å². The first-order chi connectivity index (χ1) is 12.7. The van der Waals surface area contributed by atoms with Gasteiger partial charge >= 0.3 is 0 Å². The molecule has 7 heteroatoms. The molecular weight excluding hydrogens is 346 g/mol. The number of anilines is 2. The maximum atomic E-state index is 12.0. The lowest BCUT2D eigenvalue weighted by molar-refractivity contribution is 0.101. The molecule has 0 N–H and O–H groups in total. The van der Waals surface area contributed by atoms with Crippen molar-refractivity contribution in [3.05, 3.63) is 47.1 Å². The van der Waals surface area contributed by atoms with Gasteiger partial charge in [0.05, 0.1) is 21.8 Å². The van der Waals surface area contributed by atoms with Gasteiger partial charge in [0, 0.05) is 37.4 Å². The Kier molecular flexibility index (Phi) is 4.27. The molecule has 3 heterocycles. The molecule has 0 unspecified atom stereocenters. The summed E-state index contributed by atoms with van der Waals surface area (Å²) in [6.45, 7) is 4.71. The van der Waals surface area contributed by atoms with E-state index in [-0.39, 0.29) is 5.78 Å². The third-order valence-electron chi connectivity index (χ3n) is 4.65. The summed E-state index contributed by atoms with van der Waals surface area (Å²) in [5, 5.41) is 11.2. The highest BCUT2D eigenvalue weighted by Gasteiger charge is 2.23. The third kappa shape index (κ3) is 2.89. The molecule has 1 aromatic carbocycles. The predicted molar refractivity (Wildman–Crippen MR) is 103 cm³/mol. The monoisotopic (exact) mass is 363 g/mol. The number of hydrogen-bond donors (Lipinski definition) is 0. The van der Waals surface area contributed by atoms with Crippen molar-refractivity contribution in [2.24, 2.45) is 0 Å². The van der Waals surface area contributed by atoms with Crippen LogP contribution >= 0.6 is 11.3 Å². The molecule has 0 spiro atoms. The molecule has 0 radical (unpaired) electrons. The molecule has 0 atom stereocenters. The third-order valence-corrected chi connectivity index (χ3v) is 5.55. The van der Waals surface area contributed by atoms with Crippen LogP contribution in [0.2, 0.25) is 0 Å². The van der Waals surface area contributed by atoms with E-state index in [1.807, 2.05) is 17.5 Å². The number of piperazine rings is 1. The first-order valence-electron chi connectivity index (χ1n) is 8.40. The second-order valence-electron chi connectivity index (χ2n) is 6.21. The van der Waals surface area contributed by atoms with Crippen molar-refractivity contribution in [3.8, 4) is 6.07 Å². The summed E-state index contributed by atoms with van der Waals surface area (Å²) < 4.78 is 1.11. The number of Topliss-reactive ketones (excluding diaryl/α,β-unsaturated/α-hetero) is 1. The van der Waals surface area contributed by atoms with Crippen molar-refractivity contribution in [2.45, 2.75) is 6.92 Å². The summed E-state index contributed by atoms with van der Waals surface area (Å²) in [6, 6.07) is 9.43. The maximum Gasteiger partial charge on any atom is 0.161 e. The average Bonchev–Trinajstić information content (AvgIpc) is 3.16. The summed E-state index contributed by atoms with van der Waals surface area (Å²) in [5.74, 6) is 0.991. The van der Waals surface area contributed by atoms with Crippen LogP contribution in [-0.2, 0) is 0 Å². The number of benzene rings is 1. The van der Waals surface area contributed by atoms with Gasteiger partial charge in [0.25, 0.3) is 0 Å². The number of nitriles is 1. The van der Waals surface area contributed by atoms with Crippen LogP contribution in [0.3, 0.4) is 0 Å². The van der Waals surface area contributed by atoms with Crippen molar-refractivity contribution in [3.63, 3.8) is 0 Å². The van der Waals surface area contributed by atoms with Gasteiger partial charge in [-0.1, -0.05) is 0 Å². The van der Waals surface area contributed by atoms with E-state index in [2.05, 4.69) is 25.8 Å². The molecule has 26 heavy (non-hydrogen) atoms.